The second kappa shape index (κ2) is 13.4. The van der Waals surface area contributed by atoms with Gasteiger partial charge in [-0.2, -0.15) is 10.2 Å². The number of para-hydroxylation sites is 2. The average molecular weight is 848 g/mol. The Morgan fingerprint density at radius 3 is 2.22 bits per heavy atom. The number of H-pyrrole nitrogens is 4. The highest BCUT2D eigenvalue weighted by Gasteiger charge is 2.34. The first-order valence-electron chi connectivity index (χ1n) is 20.3. The smallest absolute Gasteiger partial charge is 0.161 e. The zero-order valence-electron chi connectivity index (χ0n) is 33.8. The number of benzene rings is 2. The number of pyridine rings is 3. The van der Waals surface area contributed by atoms with Gasteiger partial charge in [-0.25, -0.2) is 23.7 Å². The van der Waals surface area contributed by atoms with Gasteiger partial charge >= 0.3 is 0 Å². The van der Waals surface area contributed by atoms with E-state index in [1.807, 2.05) is 85.9 Å². The van der Waals surface area contributed by atoms with E-state index in [1.165, 1.54) is 0 Å². The predicted molar refractivity (Wildman–Crippen MR) is 237 cm³/mol. The van der Waals surface area contributed by atoms with Gasteiger partial charge in [0.25, 0.3) is 0 Å². The van der Waals surface area contributed by atoms with Gasteiger partial charge in [0, 0.05) is 66.4 Å². The number of halogens is 2. The van der Waals surface area contributed by atoms with Crippen molar-refractivity contribution in [1.82, 2.24) is 60.2 Å². The lowest BCUT2D eigenvalue weighted by Crippen LogP contribution is -2.09. The second-order valence-corrected chi connectivity index (χ2v) is 16.0. The second-order valence-electron chi connectivity index (χ2n) is 16.0. The van der Waals surface area contributed by atoms with E-state index >= 15 is 8.78 Å². The molecule has 310 valence electrons. The Morgan fingerprint density at radius 1 is 0.719 bits per heavy atom. The summed E-state index contributed by atoms with van der Waals surface area (Å²) in [4.78, 5) is 34.3. The molecule has 9 aromatic heterocycles. The molecular weight excluding hydrogens is 817 g/mol. The minimum absolute atomic E-state index is 0.146. The van der Waals surface area contributed by atoms with Crippen LogP contribution in [0.15, 0.2) is 119 Å². The van der Waals surface area contributed by atoms with Crippen LogP contribution >= 0.6 is 0 Å². The fraction of sp³-hybridized carbons (Fsp3) is 0.0851. The van der Waals surface area contributed by atoms with Gasteiger partial charge in [-0.1, -0.05) is 36.4 Å². The van der Waals surface area contributed by atoms with Crippen molar-refractivity contribution < 1.29 is 17.6 Å². The van der Waals surface area contributed by atoms with Crippen LogP contribution in [0.5, 0.6) is 0 Å². The molecule has 0 bridgehead atoms. The van der Waals surface area contributed by atoms with Crippen LogP contribution in [0.1, 0.15) is 5.69 Å². The van der Waals surface area contributed by atoms with Crippen LogP contribution in [-0.4, -0.2) is 86.9 Å². The lowest BCUT2D eigenvalue weighted by atomic mass is 10.0. The van der Waals surface area contributed by atoms with Crippen molar-refractivity contribution in [2.45, 2.75) is 6.04 Å². The summed E-state index contributed by atoms with van der Waals surface area (Å²) in [6, 6.07) is 17.3. The Hall–Kier alpha value is -8.73. The zero-order valence-corrected chi connectivity index (χ0v) is 33.8. The maximum absolute atomic E-state index is 17.1. The van der Waals surface area contributed by atoms with Crippen molar-refractivity contribution in [3.8, 4) is 68.0 Å². The molecule has 11 aromatic rings. The van der Waals surface area contributed by atoms with Gasteiger partial charge in [-0.3, -0.25) is 20.2 Å². The number of furan rings is 2. The molecule has 4 N–H and O–H groups in total. The Morgan fingerprint density at radius 2 is 1.47 bits per heavy atom. The minimum Gasteiger partial charge on any atom is -0.472 e. The number of anilines is 1. The number of hydrogen-bond acceptors (Lipinski definition) is 11. The number of imidazole rings is 2. The first kappa shape index (κ1) is 36.0. The lowest BCUT2D eigenvalue weighted by Gasteiger charge is -2.13. The molecule has 15 nitrogen and oxygen atoms in total. The molecule has 1 unspecified atom stereocenters. The number of aromatic nitrogens is 11. The van der Waals surface area contributed by atoms with Crippen LogP contribution in [0.4, 0.5) is 14.5 Å². The third-order valence-corrected chi connectivity index (χ3v) is 11.9. The summed E-state index contributed by atoms with van der Waals surface area (Å²) in [5.41, 5.74) is 9.85. The van der Waals surface area contributed by atoms with E-state index in [0.29, 0.717) is 84.8 Å². The van der Waals surface area contributed by atoms with Gasteiger partial charge in [0.05, 0.1) is 86.8 Å². The highest BCUT2D eigenvalue weighted by molar-refractivity contribution is 6.04. The van der Waals surface area contributed by atoms with E-state index in [1.54, 1.807) is 37.4 Å². The number of fused-ring (bicyclic) bond motifs is 5. The third-order valence-electron chi connectivity index (χ3n) is 11.9. The van der Waals surface area contributed by atoms with E-state index in [4.69, 9.17) is 23.8 Å². The number of aromatic amines is 4. The molecule has 2 aliphatic heterocycles. The maximum Gasteiger partial charge on any atom is 0.161 e. The molecule has 2 aromatic carbocycles. The Balaban J connectivity index is 0.921. The summed E-state index contributed by atoms with van der Waals surface area (Å²) >= 11 is 0. The molecule has 13 rings (SSSR count). The Labute approximate surface area is 359 Å². The summed E-state index contributed by atoms with van der Waals surface area (Å²) in [5.74, 6) is 0.0155. The number of nitrogens with one attached hydrogen (secondary N) is 4. The highest BCUT2D eigenvalue weighted by atomic mass is 19.1. The molecule has 0 spiro atoms. The topological polar surface area (TPSA) is 186 Å². The fourth-order valence-corrected chi connectivity index (χ4v) is 8.59. The van der Waals surface area contributed by atoms with E-state index in [0.717, 1.165) is 34.4 Å². The van der Waals surface area contributed by atoms with Crippen LogP contribution in [0.2, 0.25) is 0 Å². The minimum atomic E-state index is -0.550. The summed E-state index contributed by atoms with van der Waals surface area (Å²) in [6.45, 7) is 0.862. The molecule has 1 fully saturated rings. The third kappa shape index (κ3) is 5.46. The Bertz CT molecular complexity index is 3760. The van der Waals surface area contributed by atoms with Crippen LogP contribution in [0.3, 0.4) is 0 Å². The van der Waals surface area contributed by atoms with Gasteiger partial charge in [-0.05, 0) is 30.3 Å². The van der Waals surface area contributed by atoms with E-state index < -0.39 is 11.6 Å². The summed E-state index contributed by atoms with van der Waals surface area (Å²) in [5, 5.41) is 15.5. The van der Waals surface area contributed by atoms with Crippen molar-refractivity contribution in [2.75, 3.05) is 25.5 Å². The van der Waals surface area contributed by atoms with Crippen LogP contribution in [0, 0.1) is 11.6 Å². The monoisotopic (exact) mass is 847 g/mol. The SMILES string of the molecule is CN(C)c1cncc(-c2ncc3[nH]nc(-c4nc5c(-c6coc(-c7nc(C8=CN9CC9C=C8)c(F)c8c(-c9nc%10c(-c%11ccoc%11)cccc%10[nH]9)n[nH]c78)c6)cccc5[nH]4)c3c2F)c1. The maximum atomic E-state index is 17.1. The zero-order chi connectivity index (χ0) is 42.8. The molecule has 1 atom stereocenters. The van der Waals surface area contributed by atoms with Gasteiger partial charge in [0.1, 0.15) is 28.5 Å². The standard InChI is InChI=1S/C47H31F2N13O2/c1-61(2)27-13-24(15-50-16-27)38-36(48)34-32(17-51-38)57-59-44(34)46-52-31-8-4-6-29(41(31)56-46)25-14-33(64-21-25)42-43-35(37(49)39(54-42)22-9-10-26-19-62(26)18-22)45(60-58-43)47-53-30-7-3-5-28(40(30)55-47)23-11-12-63-20-23/h3-18,20-21,26H,19H2,1-2H3,(H,52,56)(H,53,55)(H,57,59)(H,58,60). The van der Waals surface area contributed by atoms with E-state index in [2.05, 4.69) is 51.3 Å². The molecule has 0 saturated carbocycles. The van der Waals surface area contributed by atoms with Crippen LogP contribution in [-0.2, 0) is 0 Å². The van der Waals surface area contributed by atoms with Crippen molar-refractivity contribution in [2.24, 2.45) is 0 Å². The van der Waals surface area contributed by atoms with Gasteiger partial charge in [0.2, 0.25) is 0 Å². The van der Waals surface area contributed by atoms with Crippen molar-refractivity contribution in [1.29, 1.82) is 0 Å². The molecule has 2 aliphatic rings. The lowest BCUT2D eigenvalue weighted by molar-refractivity contribution is 0.568. The average Bonchev–Trinajstić information content (AvgIpc) is 4.07. The molecule has 1 saturated heterocycles. The molecular formula is C47H31F2N13O2. The van der Waals surface area contributed by atoms with Crippen LogP contribution < -0.4 is 4.90 Å². The summed E-state index contributed by atoms with van der Waals surface area (Å²) < 4.78 is 45.2. The fourth-order valence-electron chi connectivity index (χ4n) is 8.59. The molecule has 0 radical (unpaired) electrons. The number of allylic oxidation sites excluding steroid dienone is 2. The molecule has 64 heavy (non-hydrogen) atoms. The summed E-state index contributed by atoms with van der Waals surface area (Å²) in [7, 11) is 3.78. The van der Waals surface area contributed by atoms with Crippen LogP contribution in [0.25, 0.3) is 117 Å². The van der Waals surface area contributed by atoms with Gasteiger partial charge in [0.15, 0.2) is 29.0 Å². The largest absolute Gasteiger partial charge is 0.472 e. The van der Waals surface area contributed by atoms with Crippen molar-refractivity contribution in [3.05, 3.63) is 128 Å². The number of nitrogens with zero attached hydrogens (tertiary/aromatic N) is 9. The number of hydrogen-bond donors (Lipinski definition) is 4. The Kier molecular flexibility index (Phi) is 7.52. The van der Waals surface area contributed by atoms with Gasteiger partial charge in [-0.15, -0.1) is 0 Å². The molecule has 0 aliphatic carbocycles. The van der Waals surface area contributed by atoms with E-state index in [9.17, 15) is 0 Å². The number of rotatable bonds is 8. The molecule has 0 amide bonds. The first-order valence-corrected chi connectivity index (χ1v) is 20.3. The highest BCUT2D eigenvalue weighted by Crippen LogP contribution is 2.42. The predicted octanol–water partition coefficient (Wildman–Crippen LogP) is 9.50. The summed E-state index contributed by atoms with van der Waals surface area (Å²) in [6.07, 6.45) is 15.6. The molecule has 17 heteroatoms. The first-order chi connectivity index (χ1) is 31.3. The molecule has 11 heterocycles. The normalized spacial score (nSPS) is 14.7. The van der Waals surface area contributed by atoms with Crippen molar-refractivity contribution >= 4 is 55.1 Å². The van der Waals surface area contributed by atoms with Crippen molar-refractivity contribution in [3.63, 3.8) is 0 Å². The van der Waals surface area contributed by atoms with E-state index in [-0.39, 0.29) is 22.2 Å². The quantitative estimate of drug-likeness (QED) is 0.107. The van der Waals surface area contributed by atoms with Gasteiger partial charge < -0.3 is 28.6 Å².